The van der Waals surface area contributed by atoms with Crippen LogP contribution < -0.4 is 0 Å². The Hall–Kier alpha value is -1.00. The summed E-state index contributed by atoms with van der Waals surface area (Å²) in [6.07, 6.45) is 0. The van der Waals surface area contributed by atoms with Crippen LogP contribution in [0.5, 0.6) is 11.5 Å². The quantitative estimate of drug-likeness (QED) is 0.413. The standard InChI is InChI=1S/C24H32Br2O2/c1-13-15(11-25)9-17(23(3,4)5)21(27)19(13)20-14(2)16(12-26)10-18(22(20)28)24(6,7)8/h9-10,27-28H,11-12H2,1-8H3. The second kappa shape index (κ2) is 8.02. The molecule has 0 amide bonds. The summed E-state index contributed by atoms with van der Waals surface area (Å²) in [5.74, 6) is 0.527. The van der Waals surface area contributed by atoms with Crippen molar-refractivity contribution in [2.45, 2.75) is 76.9 Å². The zero-order chi connectivity index (χ0) is 21.6. The molecule has 2 nitrogen and oxygen atoms in total. The van der Waals surface area contributed by atoms with Crippen LogP contribution >= 0.6 is 31.9 Å². The van der Waals surface area contributed by atoms with Crippen molar-refractivity contribution in [1.82, 2.24) is 0 Å². The van der Waals surface area contributed by atoms with Crippen molar-refractivity contribution in [3.63, 3.8) is 0 Å². The topological polar surface area (TPSA) is 40.5 Å². The Balaban J connectivity index is 3.07. The molecule has 0 aliphatic heterocycles. The smallest absolute Gasteiger partial charge is 0.127 e. The van der Waals surface area contributed by atoms with Gasteiger partial charge in [-0.25, -0.2) is 0 Å². The van der Waals surface area contributed by atoms with E-state index in [0.29, 0.717) is 10.7 Å². The van der Waals surface area contributed by atoms with E-state index in [2.05, 4.69) is 85.5 Å². The Morgan fingerprint density at radius 2 is 0.964 bits per heavy atom. The summed E-state index contributed by atoms with van der Waals surface area (Å²) in [7, 11) is 0. The number of phenols is 2. The molecule has 0 unspecified atom stereocenters. The molecule has 0 spiro atoms. The summed E-state index contributed by atoms with van der Waals surface area (Å²) in [4.78, 5) is 0. The molecule has 28 heavy (non-hydrogen) atoms. The molecule has 0 bridgehead atoms. The lowest BCUT2D eigenvalue weighted by molar-refractivity contribution is 0.439. The SMILES string of the molecule is Cc1c(CBr)cc(C(C)(C)C)c(O)c1-c1c(C)c(CBr)cc(C(C)(C)C)c1O. The highest BCUT2D eigenvalue weighted by atomic mass is 79.9. The molecular weight excluding hydrogens is 480 g/mol. The van der Waals surface area contributed by atoms with E-state index >= 15 is 0 Å². The monoisotopic (exact) mass is 510 g/mol. The third-order valence-electron chi connectivity index (χ3n) is 5.49. The fourth-order valence-corrected chi connectivity index (χ4v) is 4.85. The number of hydrogen-bond acceptors (Lipinski definition) is 2. The van der Waals surface area contributed by atoms with E-state index in [9.17, 15) is 10.2 Å². The van der Waals surface area contributed by atoms with Crippen LogP contribution in [0.2, 0.25) is 0 Å². The summed E-state index contributed by atoms with van der Waals surface area (Å²) in [6.45, 7) is 16.6. The van der Waals surface area contributed by atoms with Crippen LogP contribution in [0, 0.1) is 13.8 Å². The molecule has 0 saturated heterocycles. The molecule has 2 rings (SSSR count). The maximum Gasteiger partial charge on any atom is 0.127 e. The third kappa shape index (κ3) is 4.14. The highest BCUT2D eigenvalue weighted by Crippen LogP contribution is 2.49. The largest absolute Gasteiger partial charge is 0.507 e. The van der Waals surface area contributed by atoms with Gasteiger partial charge in [-0.2, -0.15) is 0 Å². The molecule has 2 aromatic carbocycles. The molecule has 0 atom stereocenters. The van der Waals surface area contributed by atoms with Crippen LogP contribution in [0.15, 0.2) is 12.1 Å². The molecule has 0 aliphatic rings. The van der Waals surface area contributed by atoms with Gasteiger partial charge < -0.3 is 10.2 Å². The van der Waals surface area contributed by atoms with Crippen molar-refractivity contribution >= 4 is 31.9 Å². The second-order valence-corrected chi connectivity index (χ2v) is 10.8. The van der Waals surface area contributed by atoms with Gasteiger partial charge in [0.25, 0.3) is 0 Å². The molecule has 2 N–H and O–H groups in total. The van der Waals surface area contributed by atoms with Gasteiger partial charge in [-0.3, -0.25) is 0 Å². The predicted molar refractivity (Wildman–Crippen MR) is 127 cm³/mol. The fraction of sp³-hybridized carbons (Fsp3) is 0.500. The molecule has 0 aliphatic carbocycles. The van der Waals surface area contributed by atoms with Gasteiger partial charge in [0.15, 0.2) is 0 Å². The molecule has 0 saturated carbocycles. The Morgan fingerprint density at radius 1 is 0.679 bits per heavy atom. The average Bonchev–Trinajstić information content (AvgIpc) is 2.55. The molecule has 0 radical (unpaired) electrons. The van der Waals surface area contributed by atoms with Crippen LogP contribution in [0.1, 0.15) is 74.9 Å². The first-order valence-corrected chi connectivity index (χ1v) is 11.8. The summed E-state index contributed by atoms with van der Waals surface area (Å²) in [5, 5.41) is 24.1. The number of rotatable bonds is 3. The van der Waals surface area contributed by atoms with Crippen LogP contribution in [-0.2, 0) is 21.5 Å². The fourth-order valence-electron chi connectivity index (χ4n) is 3.68. The van der Waals surface area contributed by atoms with E-state index in [1.165, 1.54) is 0 Å². The summed E-state index contributed by atoms with van der Waals surface area (Å²) in [5.41, 5.74) is 7.07. The molecule has 0 heterocycles. The molecule has 154 valence electrons. The van der Waals surface area contributed by atoms with Gasteiger partial charge in [-0.05, 0) is 46.9 Å². The number of alkyl halides is 2. The minimum absolute atomic E-state index is 0.215. The van der Waals surface area contributed by atoms with E-state index in [-0.39, 0.29) is 22.3 Å². The minimum Gasteiger partial charge on any atom is -0.507 e. The van der Waals surface area contributed by atoms with Crippen LogP contribution in [0.4, 0.5) is 0 Å². The van der Waals surface area contributed by atoms with Crippen molar-refractivity contribution in [2.75, 3.05) is 0 Å². The Labute approximate surface area is 186 Å². The Morgan fingerprint density at radius 3 is 1.18 bits per heavy atom. The van der Waals surface area contributed by atoms with Gasteiger partial charge in [0.05, 0.1) is 0 Å². The zero-order valence-corrected chi connectivity index (χ0v) is 21.4. The third-order valence-corrected chi connectivity index (χ3v) is 6.70. The van der Waals surface area contributed by atoms with Gasteiger partial charge in [-0.15, -0.1) is 0 Å². The first-order valence-electron chi connectivity index (χ1n) is 9.59. The lowest BCUT2D eigenvalue weighted by Gasteiger charge is -2.29. The van der Waals surface area contributed by atoms with Crippen molar-refractivity contribution in [1.29, 1.82) is 0 Å². The maximum absolute atomic E-state index is 11.3. The molecule has 4 heteroatoms. The second-order valence-electron chi connectivity index (χ2n) is 9.63. The lowest BCUT2D eigenvalue weighted by Crippen LogP contribution is -2.15. The van der Waals surface area contributed by atoms with Gasteiger partial charge in [0, 0.05) is 32.9 Å². The summed E-state index contributed by atoms with van der Waals surface area (Å²) >= 11 is 7.20. The van der Waals surface area contributed by atoms with E-state index in [1.807, 2.05) is 13.8 Å². The van der Waals surface area contributed by atoms with Crippen LogP contribution in [0.25, 0.3) is 11.1 Å². The van der Waals surface area contributed by atoms with E-state index < -0.39 is 0 Å². The van der Waals surface area contributed by atoms with Crippen molar-refractivity contribution < 1.29 is 10.2 Å². The van der Waals surface area contributed by atoms with E-state index in [4.69, 9.17) is 0 Å². The first kappa shape index (κ1) is 23.3. The Kier molecular flexibility index (Phi) is 6.67. The predicted octanol–water partition coefficient (Wildman–Crippen LogP) is 7.77. The van der Waals surface area contributed by atoms with Crippen molar-refractivity contribution in [3.05, 3.63) is 45.5 Å². The highest BCUT2D eigenvalue weighted by molar-refractivity contribution is 9.08. The van der Waals surface area contributed by atoms with Gasteiger partial charge in [-0.1, -0.05) is 85.5 Å². The van der Waals surface area contributed by atoms with Crippen LogP contribution in [-0.4, -0.2) is 10.2 Å². The maximum atomic E-state index is 11.3. The first-order chi connectivity index (χ1) is 12.8. The van der Waals surface area contributed by atoms with Crippen molar-refractivity contribution in [3.8, 4) is 22.6 Å². The molecule has 0 aromatic heterocycles. The number of halogens is 2. The van der Waals surface area contributed by atoms with Gasteiger partial charge >= 0.3 is 0 Å². The minimum atomic E-state index is -0.215. The Bertz CT molecular complexity index is 825. The number of hydrogen-bond donors (Lipinski definition) is 2. The van der Waals surface area contributed by atoms with Gasteiger partial charge in [0.1, 0.15) is 11.5 Å². The zero-order valence-electron chi connectivity index (χ0n) is 18.2. The summed E-state index contributed by atoms with van der Waals surface area (Å²) in [6, 6.07) is 4.16. The normalized spacial score (nSPS) is 12.5. The average molecular weight is 512 g/mol. The number of aromatic hydroxyl groups is 2. The van der Waals surface area contributed by atoms with Crippen molar-refractivity contribution in [2.24, 2.45) is 0 Å². The highest BCUT2D eigenvalue weighted by Gasteiger charge is 2.29. The van der Waals surface area contributed by atoms with E-state index in [0.717, 1.165) is 44.5 Å². The summed E-state index contributed by atoms with van der Waals surface area (Å²) < 4.78 is 0. The lowest BCUT2D eigenvalue weighted by atomic mass is 9.78. The number of benzene rings is 2. The molecular formula is C24H32Br2O2. The van der Waals surface area contributed by atoms with E-state index in [1.54, 1.807) is 0 Å². The molecule has 2 aromatic rings. The van der Waals surface area contributed by atoms with Crippen LogP contribution in [0.3, 0.4) is 0 Å². The number of phenolic OH excluding ortho intramolecular Hbond substituents is 2. The van der Waals surface area contributed by atoms with Gasteiger partial charge in [0.2, 0.25) is 0 Å². The molecule has 0 fully saturated rings.